The molecule has 0 amide bonds. The van der Waals surface area contributed by atoms with Crippen LogP contribution in [0.4, 0.5) is 0 Å². The van der Waals surface area contributed by atoms with Gasteiger partial charge in [-0.3, -0.25) is 0 Å². The molecule has 0 bridgehead atoms. The minimum Gasteiger partial charge on any atom is -0.330 e. The van der Waals surface area contributed by atoms with Crippen molar-refractivity contribution < 1.29 is 0 Å². The van der Waals surface area contributed by atoms with Crippen molar-refractivity contribution in [3.8, 4) is 0 Å². The van der Waals surface area contributed by atoms with E-state index in [0.29, 0.717) is 5.92 Å². The molecule has 0 spiro atoms. The lowest BCUT2D eigenvalue weighted by Gasteiger charge is -2.39. The molecule has 0 rings (SSSR count). The van der Waals surface area contributed by atoms with E-state index in [0.717, 1.165) is 36.1 Å². The Kier molecular flexibility index (Phi) is 8.11. The molecular formula is C16H35N. The summed E-state index contributed by atoms with van der Waals surface area (Å²) in [6.07, 6.45) is 2.57. The van der Waals surface area contributed by atoms with Crippen molar-refractivity contribution in [2.45, 2.75) is 61.3 Å². The van der Waals surface area contributed by atoms with E-state index in [1.165, 1.54) is 12.8 Å². The summed E-state index contributed by atoms with van der Waals surface area (Å²) in [6.45, 7) is 17.4. The molecule has 0 aromatic rings. The highest BCUT2D eigenvalue weighted by molar-refractivity contribution is 4.81. The van der Waals surface area contributed by atoms with E-state index in [9.17, 15) is 0 Å². The molecule has 2 N–H and O–H groups in total. The average Bonchev–Trinajstić information content (AvgIpc) is 2.35. The molecule has 6 unspecified atom stereocenters. The van der Waals surface area contributed by atoms with E-state index < -0.39 is 0 Å². The van der Waals surface area contributed by atoms with E-state index in [4.69, 9.17) is 5.73 Å². The van der Waals surface area contributed by atoms with Crippen LogP contribution in [-0.4, -0.2) is 6.54 Å². The van der Waals surface area contributed by atoms with Crippen LogP contribution in [-0.2, 0) is 0 Å². The highest BCUT2D eigenvalue weighted by Gasteiger charge is 2.32. The number of rotatable bonds is 8. The van der Waals surface area contributed by atoms with E-state index in [2.05, 4.69) is 48.5 Å². The topological polar surface area (TPSA) is 26.0 Å². The molecule has 0 radical (unpaired) electrons. The molecule has 0 aromatic heterocycles. The molecule has 0 aliphatic carbocycles. The fourth-order valence-electron chi connectivity index (χ4n) is 3.13. The monoisotopic (exact) mass is 241 g/mol. The maximum atomic E-state index is 5.86. The Morgan fingerprint density at radius 3 is 1.47 bits per heavy atom. The molecule has 17 heavy (non-hydrogen) atoms. The van der Waals surface area contributed by atoms with Crippen LogP contribution >= 0.6 is 0 Å². The second kappa shape index (κ2) is 8.13. The van der Waals surface area contributed by atoms with Crippen molar-refractivity contribution >= 4 is 0 Å². The lowest BCUT2D eigenvalue weighted by Crippen LogP contribution is -2.35. The minimum absolute atomic E-state index is 0.639. The molecule has 0 heterocycles. The highest BCUT2D eigenvalue weighted by Crippen LogP contribution is 2.38. The smallest absolute Gasteiger partial charge is 0.00489 e. The van der Waals surface area contributed by atoms with E-state index in [-0.39, 0.29) is 0 Å². The Hall–Kier alpha value is -0.0400. The summed E-state index contributed by atoms with van der Waals surface area (Å²) < 4.78 is 0. The van der Waals surface area contributed by atoms with Gasteiger partial charge < -0.3 is 5.73 Å². The Morgan fingerprint density at radius 1 is 0.706 bits per heavy atom. The largest absolute Gasteiger partial charge is 0.330 e. The minimum atomic E-state index is 0.639. The summed E-state index contributed by atoms with van der Waals surface area (Å²) in [7, 11) is 0. The van der Waals surface area contributed by atoms with E-state index >= 15 is 0 Å². The molecule has 0 aromatic carbocycles. The van der Waals surface area contributed by atoms with Crippen molar-refractivity contribution in [2.24, 2.45) is 41.2 Å². The van der Waals surface area contributed by atoms with Crippen molar-refractivity contribution in [3.63, 3.8) is 0 Å². The summed E-state index contributed by atoms with van der Waals surface area (Å²) >= 11 is 0. The lowest BCUT2D eigenvalue weighted by atomic mass is 9.66. The molecule has 0 fully saturated rings. The highest BCUT2D eigenvalue weighted by atomic mass is 14.6. The van der Waals surface area contributed by atoms with Gasteiger partial charge >= 0.3 is 0 Å². The number of nitrogens with two attached hydrogens (primary N) is 1. The molecule has 0 aliphatic rings. The third-order valence-electron chi connectivity index (χ3n) is 5.33. The van der Waals surface area contributed by atoms with Crippen LogP contribution in [0.2, 0.25) is 0 Å². The van der Waals surface area contributed by atoms with E-state index in [1.807, 2.05) is 0 Å². The summed E-state index contributed by atoms with van der Waals surface area (Å²) in [5, 5.41) is 0. The van der Waals surface area contributed by atoms with Crippen LogP contribution < -0.4 is 5.73 Å². The molecule has 0 saturated heterocycles. The van der Waals surface area contributed by atoms with Gasteiger partial charge in [-0.2, -0.15) is 0 Å². The van der Waals surface area contributed by atoms with Gasteiger partial charge in [-0.25, -0.2) is 0 Å². The van der Waals surface area contributed by atoms with Gasteiger partial charge in [-0.15, -0.1) is 0 Å². The van der Waals surface area contributed by atoms with Crippen LogP contribution in [0, 0.1) is 35.5 Å². The summed E-state index contributed by atoms with van der Waals surface area (Å²) in [6, 6.07) is 0. The first-order valence-electron chi connectivity index (χ1n) is 7.60. The normalized spacial score (nSPS) is 22.6. The summed E-state index contributed by atoms with van der Waals surface area (Å²) in [5.41, 5.74) is 5.86. The second-order valence-electron chi connectivity index (χ2n) is 6.28. The van der Waals surface area contributed by atoms with E-state index in [1.54, 1.807) is 0 Å². The third kappa shape index (κ3) is 4.62. The SMILES string of the molecule is CCC(C)C(C)C(C(C)CC)C(C)C(C)CN. The van der Waals surface area contributed by atoms with Gasteiger partial charge in [-0.05, 0) is 42.1 Å². The van der Waals surface area contributed by atoms with Crippen LogP contribution in [0.5, 0.6) is 0 Å². The van der Waals surface area contributed by atoms with Gasteiger partial charge in [0.1, 0.15) is 0 Å². The first kappa shape index (κ1) is 17.0. The molecule has 1 nitrogen and oxygen atoms in total. The zero-order valence-electron chi connectivity index (χ0n) is 13.2. The van der Waals surface area contributed by atoms with Crippen molar-refractivity contribution in [2.75, 3.05) is 6.54 Å². The predicted octanol–water partition coefficient (Wildman–Crippen LogP) is 4.56. The van der Waals surface area contributed by atoms with Gasteiger partial charge in [0.15, 0.2) is 0 Å². The number of hydrogen-bond donors (Lipinski definition) is 1. The maximum Gasteiger partial charge on any atom is -0.00489 e. The quantitative estimate of drug-likeness (QED) is 0.662. The molecular weight excluding hydrogens is 206 g/mol. The van der Waals surface area contributed by atoms with Crippen molar-refractivity contribution in [1.82, 2.24) is 0 Å². The Labute approximate surface area is 110 Å². The third-order valence-corrected chi connectivity index (χ3v) is 5.33. The van der Waals surface area contributed by atoms with Crippen molar-refractivity contribution in [3.05, 3.63) is 0 Å². The van der Waals surface area contributed by atoms with Crippen LogP contribution in [0.15, 0.2) is 0 Å². The van der Waals surface area contributed by atoms with Gasteiger partial charge in [0, 0.05) is 0 Å². The first-order valence-corrected chi connectivity index (χ1v) is 7.60. The zero-order chi connectivity index (χ0) is 13.6. The van der Waals surface area contributed by atoms with Crippen LogP contribution in [0.1, 0.15) is 61.3 Å². The fraction of sp³-hybridized carbons (Fsp3) is 1.00. The van der Waals surface area contributed by atoms with Gasteiger partial charge in [0.05, 0.1) is 0 Å². The van der Waals surface area contributed by atoms with Crippen LogP contribution in [0.3, 0.4) is 0 Å². The average molecular weight is 241 g/mol. The zero-order valence-corrected chi connectivity index (χ0v) is 13.2. The number of hydrogen-bond acceptors (Lipinski definition) is 1. The standard InChI is InChI=1S/C16H35N/c1-8-11(3)14(6)16(12(4)9-2)15(7)13(5)10-17/h11-16H,8-10,17H2,1-7H3. The maximum absolute atomic E-state index is 5.86. The fourth-order valence-corrected chi connectivity index (χ4v) is 3.13. The lowest BCUT2D eigenvalue weighted by molar-refractivity contribution is 0.0983. The molecule has 0 aliphatic heterocycles. The Bertz CT molecular complexity index is 174. The Balaban J connectivity index is 4.86. The second-order valence-corrected chi connectivity index (χ2v) is 6.28. The molecule has 0 saturated carbocycles. The molecule has 1 heteroatoms. The first-order chi connectivity index (χ1) is 7.90. The van der Waals surface area contributed by atoms with Gasteiger partial charge in [0.2, 0.25) is 0 Å². The predicted molar refractivity (Wildman–Crippen MR) is 78.9 cm³/mol. The van der Waals surface area contributed by atoms with Gasteiger partial charge in [-0.1, -0.05) is 61.3 Å². The summed E-state index contributed by atoms with van der Waals surface area (Å²) in [5.74, 6) is 4.62. The van der Waals surface area contributed by atoms with Gasteiger partial charge in [0.25, 0.3) is 0 Å². The summed E-state index contributed by atoms with van der Waals surface area (Å²) in [4.78, 5) is 0. The molecule has 104 valence electrons. The van der Waals surface area contributed by atoms with Crippen LogP contribution in [0.25, 0.3) is 0 Å². The molecule has 6 atom stereocenters. The van der Waals surface area contributed by atoms with Crippen molar-refractivity contribution in [1.29, 1.82) is 0 Å². The Morgan fingerprint density at radius 2 is 1.12 bits per heavy atom.